The predicted molar refractivity (Wildman–Crippen MR) is 242 cm³/mol. The summed E-state index contributed by atoms with van der Waals surface area (Å²) in [5.41, 5.74) is 9.81. The lowest BCUT2D eigenvalue weighted by Crippen LogP contribution is -2.27. The van der Waals surface area contributed by atoms with E-state index in [1.165, 1.54) is 78.3 Å². The Kier molecular flexibility index (Phi) is 16.8. The summed E-state index contributed by atoms with van der Waals surface area (Å²) in [6.45, 7) is 3.54. The predicted octanol–water partition coefficient (Wildman–Crippen LogP) is 6.62. The molecule has 4 N–H and O–H groups in total. The molecule has 66 heavy (non-hydrogen) atoms. The third kappa shape index (κ3) is 12.6. The summed E-state index contributed by atoms with van der Waals surface area (Å²) < 4.78 is 90.4. The monoisotopic (exact) mass is 967 g/mol. The van der Waals surface area contributed by atoms with Gasteiger partial charge in [-0.2, -0.15) is 10.2 Å². The number of aromatic carboxylic acids is 1. The fourth-order valence-corrected chi connectivity index (χ4v) is 7.18. The highest BCUT2D eigenvalue weighted by Gasteiger charge is 2.19. The number of aromatic nitrogens is 8. The molecular weight excluding hydrogens is 925 g/mol. The van der Waals surface area contributed by atoms with Crippen molar-refractivity contribution in [2.75, 3.05) is 19.7 Å². The maximum absolute atomic E-state index is 13.2. The number of carboxylic acid groups (broad SMARTS) is 1. The van der Waals surface area contributed by atoms with Crippen LogP contribution in [-0.2, 0) is 19.7 Å². The molecule has 0 saturated carbocycles. The molecule has 0 fully saturated rings. The molecule has 8 aromatic rings. The zero-order valence-corrected chi connectivity index (χ0v) is 37.8. The summed E-state index contributed by atoms with van der Waals surface area (Å²) in [6, 6.07) is 17.2. The molecule has 0 aliphatic rings. The van der Waals surface area contributed by atoms with Crippen molar-refractivity contribution in [1.82, 2.24) is 44.8 Å². The number of pyridine rings is 4. The van der Waals surface area contributed by atoms with Crippen molar-refractivity contribution in [1.29, 1.82) is 0 Å². The van der Waals surface area contributed by atoms with Gasteiger partial charge in [0.05, 0.1) is 72.9 Å². The molecule has 0 saturated heterocycles. The number of carbonyl (C=O) groups is 2. The van der Waals surface area contributed by atoms with Crippen LogP contribution in [0.3, 0.4) is 0 Å². The Hall–Kier alpha value is -7.14. The largest absolute Gasteiger partial charge is 0.478 e. The maximum Gasteiger partial charge on any atom is 0.338 e. The van der Waals surface area contributed by atoms with Crippen molar-refractivity contribution in [3.05, 3.63) is 156 Å². The molecule has 23 heteroatoms. The molecule has 6 heterocycles. The van der Waals surface area contributed by atoms with E-state index in [1.807, 2.05) is 0 Å². The minimum atomic E-state index is -3.46. The van der Waals surface area contributed by atoms with E-state index in [9.17, 15) is 39.6 Å². The average Bonchev–Trinajstić information content (AvgIpc) is 3.92. The molecule has 0 bridgehead atoms. The highest BCUT2D eigenvalue weighted by atomic mass is 35.5. The molecule has 0 radical (unpaired) electrons. The summed E-state index contributed by atoms with van der Waals surface area (Å²) in [4.78, 5) is 39.7. The van der Waals surface area contributed by atoms with Gasteiger partial charge < -0.3 is 16.2 Å². The van der Waals surface area contributed by atoms with Gasteiger partial charge in [0.1, 0.15) is 11.6 Å². The molecule has 2 atom stereocenters. The lowest BCUT2D eigenvalue weighted by molar-refractivity contribution is 0.0698. The van der Waals surface area contributed by atoms with Crippen LogP contribution in [0.5, 0.6) is 0 Å². The molecule has 0 unspecified atom stereocenters. The third-order valence-electron chi connectivity index (χ3n) is 9.26. The Bertz CT molecular complexity index is 3220. The van der Waals surface area contributed by atoms with Crippen LogP contribution in [-0.4, -0.2) is 93.0 Å². The van der Waals surface area contributed by atoms with Crippen LogP contribution < -0.4 is 11.1 Å². The first-order chi connectivity index (χ1) is 31.2. The number of amides is 1. The summed E-state index contributed by atoms with van der Waals surface area (Å²) in [6.07, 6.45) is 13.9. The zero-order valence-electron chi connectivity index (χ0n) is 36.3. The number of hydrogen-bond donors (Lipinski definition) is 3. The van der Waals surface area contributed by atoms with Crippen molar-refractivity contribution in [2.24, 2.45) is 5.73 Å². The van der Waals surface area contributed by atoms with Crippen LogP contribution in [0, 0.1) is 11.6 Å². The van der Waals surface area contributed by atoms with E-state index in [1.54, 1.807) is 67.3 Å². The van der Waals surface area contributed by atoms with Gasteiger partial charge in [-0.25, -0.2) is 49.7 Å². The van der Waals surface area contributed by atoms with Gasteiger partial charge >= 0.3 is 5.97 Å². The first-order valence-electron chi connectivity index (χ1n) is 19.6. The highest BCUT2D eigenvalue weighted by Crippen LogP contribution is 2.24. The van der Waals surface area contributed by atoms with Gasteiger partial charge in [-0.05, 0) is 97.8 Å². The third-order valence-corrected chi connectivity index (χ3v) is 11.2. The number of carbonyl (C=O) groups excluding carboxylic acids is 1. The Morgan fingerprint density at radius 3 is 1.53 bits per heavy atom. The average molecular weight is 968 g/mol. The second kappa shape index (κ2) is 22.2. The van der Waals surface area contributed by atoms with E-state index in [0.29, 0.717) is 44.3 Å². The van der Waals surface area contributed by atoms with Gasteiger partial charge in [0, 0.05) is 54.1 Å². The van der Waals surface area contributed by atoms with E-state index < -0.39 is 38.8 Å². The molecule has 1 amide bonds. The number of halogens is 4. The first kappa shape index (κ1) is 49.9. The number of benzene rings is 2. The summed E-state index contributed by atoms with van der Waals surface area (Å²) in [7, 11) is -7.69. The number of sulfone groups is 2. The number of fused-ring (bicyclic) bond motifs is 2. The molecule has 0 spiro atoms. The summed E-state index contributed by atoms with van der Waals surface area (Å²) >= 11 is 0. The number of nitrogens with two attached hydrogens (primary N) is 1. The Morgan fingerprint density at radius 2 is 1.11 bits per heavy atom. The molecule has 0 aliphatic heterocycles. The van der Waals surface area contributed by atoms with Crippen molar-refractivity contribution in [2.45, 2.75) is 36.0 Å². The number of alkyl halides is 1. The number of hydrogen-bond acceptors (Lipinski definition) is 13. The Labute approximate surface area is 384 Å². The van der Waals surface area contributed by atoms with Crippen LogP contribution in [0.1, 0.15) is 59.1 Å². The van der Waals surface area contributed by atoms with E-state index in [4.69, 9.17) is 12.2 Å². The Morgan fingerprint density at radius 1 is 0.697 bits per heavy atom. The van der Waals surface area contributed by atoms with Gasteiger partial charge in [-0.1, -0.05) is 0 Å². The fraction of sp³-hybridized carbons (Fsp3) is 0.163. The lowest BCUT2D eigenvalue weighted by Gasteiger charge is -2.15. The number of carboxylic acids is 1. The molecule has 2 aromatic carbocycles. The van der Waals surface area contributed by atoms with Crippen LogP contribution in [0.15, 0.2) is 132 Å². The second-order valence-corrected chi connectivity index (χ2v) is 17.9. The van der Waals surface area contributed by atoms with E-state index in [0.717, 1.165) is 18.1 Å². The SMILES string of the molecule is C[C@H](N)c1ccnc(S(C)(=O)=O)c1.C[C@H](NC(=O)c1cncc2c1cnn2-c1ccc(F)cc1)c1ccnc(S(C)(=O)=O)c1.Cl.O=C(O)c1cncc2c1cnn2-c1ccc(F)cc1.[2H]CF. The second-order valence-electron chi connectivity index (χ2n) is 14.0. The van der Waals surface area contributed by atoms with Crippen molar-refractivity contribution in [3.8, 4) is 11.4 Å². The zero-order chi connectivity index (χ0) is 48.3. The van der Waals surface area contributed by atoms with Crippen molar-refractivity contribution < 1.29 is 46.1 Å². The van der Waals surface area contributed by atoms with Gasteiger partial charge in [-0.15, -0.1) is 12.4 Å². The van der Waals surface area contributed by atoms with Gasteiger partial charge in [0.15, 0.2) is 29.7 Å². The van der Waals surface area contributed by atoms with Gasteiger partial charge in [0.2, 0.25) is 0 Å². The van der Waals surface area contributed by atoms with E-state index in [2.05, 4.69) is 35.5 Å². The minimum absolute atomic E-state index is 0. The summed E-state index contributed by atoms with van der Waals surface area (Å²) in [5, 5.41) is 21.5. The normalized spacial score (nSPS) is 12.1. The molecule has 8 rings (SSSR count). The van der Waals surface area contributed by atoms with E-state index >= 15 is 0 Å². The maximum atomic E-state index is 13.2. The topological polar surface area (TPSA) is 248 Å². The van der Waals surface area contributed by atoms with Crippen molar-refractivity contribution >= 4 is 65.8 Å². The Balaban J connectivity index is 0.000000232. The molecule has 17 nitrogen and oxygen atoms in total. The smallest absolute Gasteiger partial charge is 0.338 e. The van der Waals surface area contributed by atoms with E-state index in [-0.39, 0.29) is 51.6 Å². The molecule has 0 aliphatic carbocycles. The van der Waals surface area contributed by atoms with Gasteiger partial charge in [-0.3, -0.25) is 19.2 Å². The number of rotatable bonds is 9. The van der Waals surface area contributed by atoms with Crippen LogP contribution in [0.25, 0.3) is 33.2 Å². The number of nitrogens with zero attached hydrogens (tertiary/aromatic N) is 8. The quantitative estimate of drug-likeness (QED) is 0.138. The van der Waals surface area contributed by atoms with Gasteiger partial charge in [0.25, 0.3) is 5.91 Å². The lowest BCUT2D eigenvalue weighted by atomic mass is 10.1. The van der Waals surface area contributed by atoms with Crippen LogP contribution >= 0.6 is 12.4 Å². The fourth-order valence-electron chi connectivity index (χ4n) is 5.98. The standard InChI is InChI=1S/C21H18FN5O3S.C13H8FN3O2.C8H12N2O2S.CH3F.ClH/c1-13(14-7-8-24-20(9-14)31(2,29)30)26-21(28)18-10-23-12-19-17(18)11-25-27(19)16-5-3-15(22)4-6-16;14-8-1-3-9(4-2-8)17-12-7-15-5-11(13(18)19)10(12)6-16-17;1-6(9)7-3-4-10-8(5-7)13(2,11)12;1-2;/h3-13H,1-2H3,(H,26,28);1-7H,(H,18,19);3-6H,9H2,1-2H3;1H3;1H/t13-;;6-;;/m0.0../s1/i;;;1D;. The number of nitrogens with one attached hydrogen (secondary N) is 1. The molecule has 6 aromatic heterocycles. The molecular formula is C43H42ClF3N10O7S2. The van der Waals surface area contributed by atoms with Crippen LogP contribution in [0.2, 0.25) is 0 Å². The van der Waals surface area contributed by atoms with Crippen LogP contribution in [0.4, 0.5) is 13.2 Å². The first-order valence-corrected chi connectivity index (χ1v) is 22.6. The highest BCUT2D eigenvalue weighted by molar-refractivity contribution is 7.90. The minimum Gasteiger partial charge on any atom is -0.478 e. The summed E-state index contributed by atoms with van der Waals surface area (Å²) in [5.74, 6) is -2.15. The molecule has 346 valence electrons. The van der Waals surface area contributed by atoms with Crippen molar-refractivity contribution in [3.63, 3.8) is 0 Å².